The molecule has 47 heavy (non-hydrogen) atoms. The van der Waals surface area contributed by atoms with Gasteiger partial charge in [-0.05, 0) is 44.4 Å². The Morgan fingerprint density at radius 2 is 1.94 bits per heavy atom. The Kier molecular flexibility index (Phi) is 11.5. The molecule has 2 fully saturated rings. The molecule has 1 amide bonds. The first-order valence-corrected chi connectivity index (χ1v) is 15.3. The third-order valence-corrected chi connectivity index (χ3v) is 7.77. The summed E-state index contributed by atoms with van der Waals surface area (Å²) in [7, 11) is 1.45. The second-order valence-electron chi connectivity index (χ2n) is 11.0. The molecule has 3 aromatic heterocycles. The first-order valence-electron chi connectivity index (χ1n) is 14.9. The summed E-state index contributed by atoms with van der Waals surface area (Å²) in [6.45, 7) is 6.02. The van der Waals surface area contributed by atoms with Crippen molar-refractivity contribution >= 4 is 45.7 Å². The highest BCUT2D eigenvalue weighted by Gasteiger charge is 2.32. The summed E-state index contributed by atoms with van der Waals surface area (Å²) in [5.74, 6) is -2.14. The minimum atomic E-state index is -1.31. The Labute approximate surface area is 275 Å². The number of carbonyl (C=O) groups is 2. The summed E-state index contributed by atoms with van der Waals surface area (Å²) < 4.78 is 22.5. The van der Waals surface area contributed by atoms with Gasteiger partial charge in [0.05, 0.1) is 24.2 Å². The van der Waals surface area contributed by atoms with E-state index in [0.717, 1.165) is 43.1 Å². The molecular formula is C32H37FN8O5S. The molecule has 0 spiro atoms. The van der Waals surface area contributed by atoms with Gasteiger partial charge < -0.3 is 36.1 Å². The zero-order valence-corrected chi connectivity index (χ0v) is 27.1. The van der Waals surface area contributed by atoms with Gasteiger partial charge in [-0.3, -0.25) is 19.6 Å². The van der Waals surface area contributed by atoms with Crippen LogP contribution in [-0.4, -0.2) is 74.3 Å². The number of anilines is 1. The topological polar surface area (TPSA) is 192 Å². The molecule has 1 aliphatic heterocycles. The monoisotopic (exact) mass is 664 g/mol. The maximum Gasteiger partial charge on any atom is 0.341 e. The average Bonchev–Trinajstić information content (AvgIpc) is 3.91. The predicted molar refractivity (Wildman–Crippen MR) is 180 cm³/mol. The third-order valence-electron chi connectivity index (χ3n) is 7.54. The smallest absolute Gasteiger partial charge is 0.341 e. The zero-order chi connectivity index (χ0) is 34.2. The van der Waals surface area contributed by atoms with Gasteiger partial charge in [-0.2, -0.15) is 0 Å². The third kappa shape index (κ3) is 8.42. The van der Waals surface area contributed by atoms with E-state index in [1.807, 2.05) is 30.9 Å². The molecule has 1 saturated carbocycles. The molecular weight excluding hydrogens is 627 g/mol. The van der Waals surface area contributed by atoms with Crippen LogP contribution in [-0.2, 0) is 6.42 Å². The van der Waals surface area contributed by atoms with Gasteiger partial charge in [0.1, 0.15) is 21.9 Å². The standard InChI is InChI=1S/C19H22FN3O4.C8H10N2S.C5H5N3O/c1-10-8-22(6-5-21-10)16-14(20)7-12-15(18(16)27-2)23(11-3-4-11)9-13(17(12)24)19(25)26;1-2-7-5-6(8(9)11)3-4-10-7;6-5(9)4-3-7-1-2-8-4/h7,9-11,21H,3-6,8H2,1-2H3,(H,25,26);3-5H,2H2,1H3,(H2,9,11);1-3H,(H2,6,9). The highest BCUT2D eigenvalue weighted by atomic mass is 32.1. The quantitative estimate of drug-likeness (QED) is 0.212. The second-order valence-corrected chi connectivity index (χ2v) is 11.4. The molecule has 1 atom stereocenters. The van der Waals surface area contributed by atoms with Crippen LogP contribution in [0.2, 0.25) is 0 Å². The number of aryl methyl sites for hydroxylation is 1. The summed E-state index contributed by atoms with van der Waals surface area (Å²) in [6, 6.07) is 5.19. The van der Waals surface area contributed by atoms with Crippen LogP contribution in [0.3, 0.4) is 0 Å². The Hall–Kier alpha value is -5.02. The van der Waals surface area contributed by atoms with Crippen molar-refractivity contribution in [1.29, 1.82) is 0 Å². The lowest BCUT2D eigenvalue weighted by atomic mass is 10.1. The number of hydrogen-bond acceptors (Lipinski definition) is 10. The summed E-state index contributed by atoms with van der Waals surface area (Å²) >= 11 is 4.82. The maximum atomic E-state index is 15.1. The Morgan fingerprint density at radius 1 is 1.19 bits per heavy atom. The number of carbonyl (C=O) groups excluding carboxylic acids is 1. The number of piperazine rings is 1. The van der Waals surface area contributed by atoms with E-state index >= 15 is 4.39 Å². The number of rotatable bonds is 7. The molecule has 1 saturated heterocycles. The summed E-state index contributed by atoms with van der Waals surface area (Å²) in [5, 5.41) is 12.7. The lowest BCUT2D eigenvalue weighted by molar-refractivity contribution is 0.0694. The predicted octanol–water partition coefficient (Wildman–Crippen LogP) is 2.83. The number of nitrogens with one attached hydrogen (secondary N) is 1. The number of amides is 1. The normalized spacial score (nSPS) is 15.5. The number of nitrogens with zero attached hydrogens (tertiary/aromatic N) is 5. The van der Waals surface area contributed by atoms with Crippen LogP contribution >= 0.6 is 12.2 Å². The molecule has 0 bridgehead atoms. The van der Waals surface area contributed by atoms with Crippen molar-refractivity contribution in [2.75, 3.05) is 31.6 Å². The molecule has 15 heteroatoms. The SMILES string of the molecule is CCc1cc(C(N)=S)ccn1.COc1c(N2CCNC(C)C2)c(F)cc2c(=O)c(C(=O)O)cn(C3CC3)c12.NC(=O)c1cnccn1. The minimum Gasteiger partial charge on any atom is -0.492 e. The number of methoxy groups -OCH3 is 1. The van der Waals surface area contributed by atoms with Crippen LogP contribution < -0.4 is 31.8 Å². The van der Waals surface area contributed by atoms with Crippen LogP contribution in [0.5, 0.6) is 5.75 Å². The molecule has 1 aliphatic carbocycles. The molecule has 4 aromatic rings. The lowest BCUT2D eigenvalue weighted by Gasteiger charge is -2.35. The van der Waals surface area contributed by atoms with E-state index in [1.54, 1.807) is 10.8 Å². The van der Waals surface area contributed by atoms with Crippen molar-refractivity contribution in [3.8, 4) is 5.75 Å². The molecule has 13 nitrogen and oxygen atoms in total. The maximum absolute atomic E-state index is 15.1. The number of halogens is 1. The van der Waals surface area contributed by atoms with Crippen molar-refractivity contribution in [2.45, 2.75) is 45.2 Å². The number of hydrogen-bond donors (Lipinski definition) is 4. The molecule has 2 aliphatic rings. The molecule has 1 aromatic carbocycles. The van der Waals surface area contributed by atoms with Gasteiger partial charge in [0.2, 0.25) is 5.43 Å². The summed E-state index contributed by atoms with van der Waals surface area (Å²) in [6.07, 6.45) is 10.0. The van der Waals surface area contributed by atoms with Crippen molar-refractivity contribution in [3.05, 3.63) is 87.7 Å². The first-order chi connectivity index (χ1) is 22.5. The zero-order valence-electron chi connectivity index (χ0n) is 26.3. The Morgan fingerprint density at radius 3 is 2.47 bits per heavy atom. The Balaban J connectivity index is 0.000000204. The molecule has 248 valence electrons. The lowest BCUT2D eigenvalue weighted by Crippen LogP contribution is -2.49. The van der Waals surface area contributed by atoms with Gasteiger partial charge in [0, 0.05) is 67.8 Å². The number of aromatic nitrogens is 4. The fraction of sp³-hybridized carbons (Fsp3) is 0.344. The van der Waals surface area contributed by atoms with Crippen LogP contribution in [0, 0.1) is 5.82 Å². The number of nitrogens with two attached hydrogens (primary N) is 2. The number of aromatic carboxylic acids is 1. The van der Waals surface area contributed by atoms with E-state index in [1.165, 1.54) is 31.9 Å². The highest BCUT2D eigenvalue weighted by molar-refractivity contribution is 7.80. The molecule has 4 heterocycles. The average molecular weight is 665 g/mol. The number of fused-ring (bicyclic) bond motifs is 1. The van der Waals surface area contributed by atoms with E-state index in [9.17, 15) is 19.5 Å². The number of ether oxygens (including phenoxy) is 1. The van der Waals surface area contributed by atoms with Crippen molar-refractivity contribution in [3.63, 3.8) is 0 Å². The van der Waals surface area contributed by atoms with Gasteiger partial charge in [0.25, 0.3) is 5.91 Å². The van der Waals surface area contributed by atoms with E-state index in [0.29, 0.717) is 35.0 Å². The van der Waals surface area contributed by atoms with Crippen LogP contribution in [0.15, 0.2) is 54.0 Å². The fourth-order valence-corrected chi connectivity index (χ4v) is 5.24. The first kappa shape index (κ1) is 34.8. The second kappa shape index (κ2) is 15.5. The fourth-order valence-electron chi connectivity index (χ4n) is 5.11. The highest BCUT2D eigenvalue weighted by Crippen LogP contribution is 2.43. The summed E-state index contributed by atoms with van der Waals surface area (Å²) in [5.41, 5.74) is 12.2. The van der Waals surface area contributed by atoms with E-state index in [-0.39, 0.29) is 28.7 Å². The number of primary amides is 1. The van der Waals surface area contributed by atoms with Crippen LogP contribution in [0.1, 0.15) is 64.8 Å². The van der Waals surface area contributed by atoms with Crippen LogP contribution in [0.25, 0.3) is 10.9 Å². The minimum absolute atomic E-state index is 0.0445. The van der Waals surface area contributed by atoms with Gasteiger partial charge in [-0.1, -0.05) is 19.1 Å². The number of carboxylic acid groups (broad SMARTS) is 1. The van der Waals surface area contributed by atoms with Crippen LogP contribution in [0.4, 0.5) is 10.1 Å². The van der Waals surface area contributed by atoms with Gasteiger partial charge in [0.15, 0.2) is 11.6 Å². The Bertz CT molecular complexity index is 1830. The number of thiocarbonyl (C=S) groups is 1. The number of pyridine rings is 2. The van der Waals surface area contributed by atoms with E-state index in [4.69, 9.17) is 28.4 Å². The number of benzene rings is 1. The van der Waals surface area contributed by atoms with Gasteiger partial charge in [-0.25, -0.2) is 14.2 Å². The van der Waals surface area contributed by atoms with Crippen molar-refractivity contribution in [1.82, 2.24) is 24.8 Å². The van der Waals surface area contributed by atoms with Gasteiger partial charge in [-0.15, -0.1) is 0 Å². The number of carboxylic acids is 1. The van der Waals surface area contributed by atoms with E-state index in [2.05, 4.69) is 20.3 Å². The van der Waals surface area contributed by atoms with Crippen molar-refractivity contribution in [2.24, 2.45) is 11.5 Å². The molecule has 1 unspecified atom stereocenters. The summed E-state index contributed by atoms with van der Waals surface area (Å²) in [4.78, 5) is 48.3. The van der Waals surface area contributed by atoms with Gasteiger partial charge >= 0.3 is 5.97 Å². The molecule has 6 N–H and O–H groups in total. The largest absolute Gasteiger partial charge is 0.492 e. The van der Waals surface area contributed by atoms with Crippen molar-refractivity contribution < 1.29 is 23.8 Å². The van der Waals surface area contributed by atoms with E-state index < -0.39 is 23.1 Å². The molecule has 6 rings (SSSR count). The molecule has 0 radical (unpaired) electrons.